The zero-order chi connectivity index (χ0) is 18.1. The lowest BCUT2D eigenvalue weighted by molar-refractivity contribution is -0.122. The monoisotopic (exact) mass is 338 g/mol. The minimum atomic E-state index is -0.483. The number of hydrogen-bond acceptors (Lipinski definition) is 4. The fourth-order valence-corrected chi connectivity index (χ4v) is 1.88. The van der Waals surface area contributed by atoms with Crippen LogP contribution in [0.25, 0.3) is 0 Å². The summed E-state index contributed by atoms with van der Waals surface area (Å²) in [6.07, 6.45) is 0. The van der Waals surface area contributed by atoms with Crippen LogP contribution in [-0.4, -0.2) is 32.1 Å². The van der Waals surface area contributed by atoms with Gasteiger partial charge in [-0.15, -0.1) is 0 Å². The average molecular weight is 338 g/mol. The van der Waals surface area contributed by atoms with Gasteiger partial charge in [0.05, 0.1) is 13.7 Å². The summed E-state index contributed by atoms with van der Waals surface area (Å²) in [6, 6.07) is 13.6. The van der Waals surface area contributed by atoms with E-state index in [-0.39, 0.29) is 19.1 Å². The zero-order valence-electron chi connectivity index (χ0n) is 13.7. The van der Waals surface area contributed by atoms with E-state index >= 15 is 0 Å². The number of amides is 2. The van der Waals surface area contributed by atoms with Crippen molar-refractivity contribution in [2.45, 2.75) is 0 Å². The van der Waals surface area contributed by atoms with Crippen molar-refractivity contribution in [2.75, 3.05) is 20.3 Å². The van der Waals surface area contributed by atoms with E-state index in [1.54, 1.807) is 55.6 Å². The van der Waals surface area contributed by atoms with Crippen LogP contribution in [-0.2, 0) is 4.79 Å². The molecule has 0 spiro atoms. The molecule has 0 fully saturated rings. The summed E-state index contributed by atoms with van der Waals surface area (Å²) in [6.45, 7) is 0.101. The number of nitrogens with one attached hydrogen (secondary N) is 1. The van der Waals surface area contributed by atoms with Crippen molar-refractivity contribution in [1.82, 2.24) is 5.32 Å². The summed E-state index contributed by atoms with van der Waals surface area (Å²) in [4.78, 5) is 22.7. The summed E-state index contributed by atoms with van der Waals surface area (Å²) < 4.78 is 10.4. The van der Waals surface area contributed by atoms with Crippen molar-refractivity contribution in [2.24, 2.45) is 5.73 Å². The van der Waals surface area contributed by atoms with Crippen LogP contribution in [0.2, 0.25) is 0 Å². The first-order chi connectivity index (χ1) is 12.1. The van der Waals surface area contributed by atoms with Crippen LogP contribution in [0, 0.1) is 11.8 Å². The van der Waals surface area contributed by atoms with Gasteiger partial charge in [-0.05, 0) is 48.5 Å². The Morgan fingerprint density at radius 3 is 2.28 bits per heavy atom. The molecule has 2 amide bonds. The number of primary amides is 1. The predicted octanol–water partition coefficient (Wildman–Crippen LogP) is 1.34. The quantitative estimate of drug-likeness (QED) is 0.778. The van der Waals surface area contributed by atoms with E-state index in [0.29, 0.717) is 11.3 Å². The van der Waals surface area contributed by atoms with E-state index in [9.17, 15) is 9.59 Å². The maximum absolute atomic E-state index is 11.7. The highest BCUT2D eigenvalue weighted by molar-refractivity contribution is 5.92. The van der Waals surface area contributed by atoms with Crippen LogP contribution in [0.15, 0.2) is 48.5 Å². The number of hydrogen-bond donors (Lipinski definition) is 2. The summed E-state index contributed by atoms with van der Waals surface area (Å²) in [5.74, 6) is 6.25. The van der Waals surface area contributed by atoms with Crippen molar-refractivity contribution < 1.29 is 19.1 Å². The Balaban J connectivity index is 1.74. The molecular weight excluding hydrogens is 320 g/mol. The first-order valence-electron chi connectivity index (χ1n) is 7.51. The van der Waals surface area contributed by atoms with Gasteiger partial charge >= 0.3 is 0 Å². The Morgan fingerprint density at radius 1 is 1.04 bits per heavy atom. The van der Waals surface area contributed by atoms with Gasteiger partial charge in [0.2, 0.25) is 5.91 Å². The number of carbonyl (C=O) groups excluding carboxylic acids is 2. The molecule has 0 saturated heterocycles. The third kappa shape index (κ3) is 5.92. The Bertz CT molecular complexity index is 787. The van der Waals surface area contributed by atoms with E-state index in [0.717, 1.165) is 11.3 Å². The van der Waals surface area contributed by atoms with Crippen LogP contribution in [0.5, 0.6) is 11.5 Å². The molecule has 128 valence electrons. The van der Waals surface area contributed by atoms with Crippen molar-refractivity contribution in [3.05, 3.63) is 59.7 Å². The highest BCUT2D eigenvalue weighted by atomic mass is 16.5. The molecule has 0 heterocycles. The van der Waals surface area contributed by atoms with Gasteiger partial charge in [-0.3, -0.25) is 9.59 Å². The second kappa shape index (κ2) is 8.99. The first-order valence-corrected chi connectivity index (χ1v) is 7.51. The van der Waals surface area contributed by atoms with Gasteiger partial charge in [0.25, 0.3) is 5.91 Å². The van der Waals surface area contributed by atoms with Gasteiger partial charge in [0.1, 0.15) is 11.5 Å². The Morgan fingerprint density at radius 2 is 1.68 bits per heavy atom. The lowest BCUT2D eigenvalue weighted by Gasteiger charge is -2.06. The number of ether oxygens (including phenoxy) is 2. The minimum absolute atomic E-state index is 0.0959. The standard InChI is InChI=1S/C19H18N2O4/c1-24-16-8-10-17(11-9-16)25-13-18(22)21-12-2-3-14-4-6-15(7-5-14)19(20)23/h4-11H,12-13H2,1H3,(H2,20,23)(H,21,22). The molecule has 3 N–H and O–H groups in total. The van der Waals surface area contributed by atoms with Gasteiger partial charge in [0.15, 0.2) is 6.61 Å². The third-order valence-corrected chi connectivity index (χ3v) is 3.21. The second-order valence-corrected chi connectivity index (χ2v) is 4.98. The fraction of sp³-hybridized carbons (Fsp3) is 0.158. The minimum Gasteiger partial charge on any atom is -0.497 e. The Labute approximate surface area is 145 Å². The Hall–Kier alpha value is -3.46. The number of methoxy groups -OCH3 is 1. The van der Waals surface area contributed by atoms with Crippen LogP contribution in [0.4, 0.5) is 0 Å². The van der Waals surface area contributed by atoms with Gasteiger partial charge < -0.3 is 20.5 Å². The highest BCUT2D eigenvalue weighted by Crippen LogP contribution is 2.16. The number of nitrogens with two attached hydrogens (primary N) is 1. The maximum Gasteiger partial charge on any atom is 0.258 e. The number of carbonyl (C=O) groups is 2. The molecule has 0 aliphatic heterocycles. The molecular formula is C19H18N2O4. The highest BCUT2D eigenvalue weighted by Gasteiger charge is 2.02. The van der Waals surface area contributed by atoms with Gasteiger partial charge in [-0.1, -0.05) is 11.8 Å². The van der Waals surface area contributed by atoms with E-state index in [1.165, 1.54) is 0 Å². The van der Waals surface area contributed by atoms with E-state index in [4.69, 9.17) is 15.2 Å². The molecule has 2 aromatic carbocycles. The lowest BCUT2D eigenvalue weighted by Crippen LogP contribution is -2.29. The molecule has 25 heavy (non-hydrogen) atoms. The molecule has 0 saturated carbocycles. The molecule has 2 aromatic rings. The van der Waals surface area contributed by atoms with Gasteiger partial charge in [0, 0.05) is 11.1 Å². The van der Waals surface area contributed by atoms with Crippen molar-refractivity contribution in [1.29, 1.82) is 0 Å². The number of benzene rings is 2. The fourth-order valence-electron chi connectivity index (χ4n) is 1.88. The van der Waals surface area contributed by atoms with Crippen molar-refractivity contribution in [3.8, 4) is 23.3 Å². The second-order valence-electron chi connectivity index (χ2n) is 4.98. The largest absolute Gasteiger partial charge is 0.497 e. The SMILES string of the molecule is COc1ccc(OCC(=O)NCC#Cc2ccc(C(N)=O)cc2)cc1. The predicted molar refractivity (Wildman–Crippen MR) is 93.3 cm³/mol. The van der Waals surface area contributed by atoms with Crippen molar-refractivity contribution >= 4 is 11.8 Å². The smallest absolute Gasteiger partial charge is 0.258 e. The van der Waals surface area contributed by atoms with Gasteiger partial charge in [-0.25, -0.2) is 0 Å². The lowest BCUT2D eigenvalue weighted by atomic mass is 10.1. The normalized spacial score (nSPS) is 9.48. The van der Waals surface area contributed by atoms with Crippen LogP contribution >= 0.6 is 0 Å². The molecule has 0 aliphatic rings. The van der Waals surface area contributed by atoms with E-state index < -0.39 is 5.91 Å². The molecule has 2 rings (SSSR count). The Kier molecular flexibility index (Phi) is 6.43. The average Bonchev–Trinajstić information content (AvgIpc) is 2.64. The molecule has 0 aromatic heterocycles. The molecule has 6 nitrogen and oxygen atoms in total. The molecule has 0 radical (unpaired) electrons. The molecule has 0 atom stereocenters. The maximum atomic E-state index is 11.7. The summed E-state index contributed by atoms with van der Waals surface area (Å²) in [7, 11) is 1.58. The van der Waals surface area contributed by atoms with Crippen LogP contribution < -0.4 is 20.5 Å². The number of rotatable bonds is 6. The summed E-state index contributed by atoms with van der Waals surface area (Å²) in [5, 5.41) is 2.64. The molecule has 6 heteroatoms. The molecule has 0 bridgehead atoms. The van der Waals surface area contributed by atoms with Crippen LogP contribution in [0.1, 0.15) is 15.9 Å². The van der Waals surface area contributed by atoms with E-state index in [2.05, 4.69) is 17.2 Å². The third-order valence-electron chi connectivity index (χ3n) is 3.21. The van der Waals surface area contributed by atoms with Crippen LogP contribution in [0.3, 0.4) is 0 Å². The molecule has 0 unspecified atom stereocenters. The zero-order valence-corrected chi connectivity index (χ0v) is 13.7. The summed E-state index contributed by atoms with van der Waals surface area (Å²) >= 11 is 0. The summed E-state index contributed by atoms with van der Waals surface area (Å²) in [5.41, 5.74) is 6.32. The van der Waals surface area contributed by atoms with E-state index in [1.807, 2.05) is 0 Å². The topological polar surface area (TPSA) is 90.7 Å². The van der Waals surface area contributed by atoms with Crippen molar-refractivity contribution in [3.63, 3.8) is 0 Å². The van der Waals surface area contributed by atoms with Gasteiger partial charge in [-0.2, -0.15) is 0 Å². The molecule has 0 aliphatic carbocycles. The first kappa shape index (κ1) is 17.9.